The van der Waals surface area contributed by atoms with Crippen LogP contribution in [0.25, 0.3) is 0 Å². The van der Waals surface area contributed by atoms with Crippen molar-refractivity contribution in [2.75, 3.05) is 25.6 Å². The molecule has 1 aliphatic rings. The van der Waals surface area contributed by atoms with Crippen LogP contribution < -0.4 is 20.1 Å². The Morgan fingerprint density at radius 2 is 1.79 bits per heavy atom. The molecule has 3 rings (SSSR count). The van der Waals surface area contributed by atoms with Gasteiger partial charge >= 0.3 is 5.97 Å². The van der Waals surface area contributed by atoms with Crippen LogP contribution in [0, 0.1) is 11.3 Å². The van der Waals surface area contributed by atoms with E-state index in [2.05, 4.69) is 16.7 Å². The molecular formula is C24H24ClN3O6. The number of esters is 1. The SMILES string of the molecule is COc1ccc(NC(=O)COc2ccccc2C(=O)OCC(=O)NC2(C#N)CCCC2)cc1Cl. The second-order valence-corrected chi connectivity index (χ2v) is 8.11. The smallest absolute Gasteiger partial charge is 0.342 e. The fourth-order valence-corrected chi connectivity index (χ4v) is 3.86. The van der Waals surface area contributed by atoms with Gasteiger partial charge in [0.1, 0.15) is 22.6 Å². The summed E-state index contributed by atoms with van der Waals surface area (Å²) in [5, 5.41) is 15.0. The van der Waals surface area contributed by atoms with E-state index >= 15 is 0 Å². The summed E-state index contributed by atoms with van der Waals surface area (Å²) < 4.78 is 15.7. The molecule has 1 saturated carbocycles. The van der Waals surface area contributed by atoms with E-state index < -0.39 is 29.9 Å². The maximum atomic E-state index is 12.5. The highest BCUT2D eigenvalue weighted by Crippen LogP contribution is 2.29. The number of ether oxygens (including phenoxy) is 3. The summed E-state index contributed by atoms with van der Waals surface area (Å²) in [6, 6.07) is 13.1. The lowest BCUT2D eigenvalue weighted by Gasteiger charge is -2.21. The van der Waals surface area contributed by atoms with E-state index in [-0.39, 0.29) is 17.9 Å². The third-order valence-electron chi connectivity index (χ3n) is 5.29. The molecular weight excluding hydrogens is 462 g/mol. The van der Waals surface area contributed by atoms with Gasteiger partial charge < -0.3 is 24.8 Å². The molecule has 0 heterocycles. The molecule has 9 nitrogen and oxygen atoms in total. The Balaban J connectivity index is 1.54. The highest BCUT2D eigenvalue weighted by molar-refractivity contribution is 6.32. The molecule has 2 N–H and O–H groups in total. The molecule has 34 heavy (non-hydrogen) atoms. The van der Waals surface area contributed by atoms with Crippen molar-refractivity contribution in [2.45, 2.75) is 31.2 Å². The van der Waals surface area contributed by atoms with Crippen molar-refractivity contribution in [2.24, 2.45) is 0 Å². The monoisotopic (exact) mass is 485 g/mol. The summed E-state index contributed by atoms with van der Waals surface area (Å²) in [4.78, 5) is 37.0. The first kappa shape index (κ1) is 24.9. The molecule has 2 aromatic carbocycles. The van der Waals surface area contributed by atoms with E-state index in [4.69, 9.17) is 25.8 Å². The molecule has 0 atom stereocenters. The van der Waals surface area contributed by atoms with Crippen LogP contribution in [0.15, 0.2) is 42.5 Å². The molecule has 1 aliphatic carbocycles. The third-order valence-corrected chi connectivity index (χ3v) is 5.58. The number of carbonyl (C=O) groups is 3. The fourth-order valence-electron chi connectivity index (χ4n) is 3.60. The highest BCUT2D eigenvalue weighted by Gasteiger charge is 2.35. The van der Waals surface area contributed by atoms with Gasteiger partial charge in [-0.15, -0.1) is 0 Å². The second kappa shape index (κ2) is 11.4. The maximum absolute atomic E-state index is 12.5. The topological polar surface area (TPSA) is 127 Å². The van der Waals surface area contributed by atoms with Gasteiger partial charge in [-0.05, 0) is 56.0 Å². The van der Waals surface area contributed by atoms with Crippen molar-refractivity contribution in [1.29, 1.82) is 5.26 Å². The lowest BCUT2D eigenvalue weighted by Crippen LogP contribution is -2.46. The Hall–Kier alpha value is -3.77. The first-order valence-electron chi connectivity index (χ1n) is 10.6. The molecule has 10 heteroatoms. The van der Waals surface area contributed by atoms with Crippen molar-refractivity contribution >= 4 is 35.1 Å². The number of hydrogen-bond donors (Lipinski definition) is 2. The molecule has 0 aliphatic heterocycles. The number of hydrogen-bond acceptors (Lipinski definition) is 7. The van der Waals surface area contributed by atoms with Crippen LogP contribution in [0.4, 0.5) is 5.69 Å². The number of amides is 2. The van der Waals surface area contributed by atoms with Gasteiger partial charge in [0, 0.05) is 5.69 Å². The molecule has 2 aromatic rings. The number of methoxy groups -OCH3 is 1. The normalized spacial score (nSPS) is 13.9. The van der Waals surface area contributed by atoms with Crippen LogP contribution in [-0.4, -0.2) is 43.6 Å². The van der Waals surface area contributed by atoms with Crippen molar-refractivity contribution < 1.29 is 28.6 Å². The first-order chi connectivity index (χ1) is 16.4. The summed E-state index contributed by atoms with van der Waals surface area (Å²) in [5.41, 5.74) is -0.381. The van der Waals surface area contributed by atoms with Gasteiger partial charge in [-0.2, -0.15) is 5.26 Å². The number of benzene rings is 2. The number of carbonyl (C=O) groups excluding carboxylic acids is 3. The number of nitrogens with one attached hydrogen (secondary N) is 2. The molecule has 2 amide bonds. The average molecular weight is 486 g/mol. The fraction of sp³-hybridized carbons (Fsp3) is 0.333. The first-order valence-corrected chi connectivity index (χ1v) is 11.0. The molecule has 1 fully saturated rings. The van der Waals surface area contributed by atoms with E-state index in [1.165, 1.54) is 25.3 Å². The quantitative estimate of drug-likeness (QED) is 0.520. The molecule has 0 aromatic heterocycles. The molecule has 0 bridgehead atoms. The zero-order valence-electron chi connectivity index (χ0n) is 18.6. The lowest BCUT2D eigenvalue weighted by atomic mass is 10.00. The second-order valence-electron chi connectivity index (χ2n) is 7.71. The number of nitrogens with zero attached hydrogens (tertiary/aromatic N) is 1. The van der Waals surface area contributed by atoms with E-state index in [0.29, 0.717) is 29.3 Å². The predicted octanol–water partition coefficient (Wildman–Crippen LogP) is 3.48. The highest BCUT2D eigenvalue weighted by atomic mass is 35.5. The van der Waals surface area contributed by atoms with Gasteiger partial charge in [-0.25, -0.2) is 4.79 Å². The minimum atomic E-state index is -0.897. The summed E-state index contributed by atoms with van der Waals surface area (Å²) in [7, 11) is 1.49. The van der Waals surface area contributed by atoms with E-state index in [1.807, 2.05) is 0 Å². The minimum absolute atomic E-state index is 0.0615. The van der Waals surface area contributed by atoms with Gasteiger partial charge in [-0.3, -0.25) is 9.59 Å². The van der Waals surface area contributed by atoms with Crippen LogP contribution in [-0.2, 0) is 14.3 Å². The van der Waals surface area contributed by atoms with Crippen LogP contribution in [0.3, 0.4) is 0 Å². The largest absolute Gasteiger partial charge is 0.495 e. The summed E-state index contributed by atoms with van der Waals surface area (Å²) in [5.74, 6) is -1.21. The molecule has 0 unspecified atom stereocenters. The molecule has 0 saturated heterocycles. The van der Waals surface area contributed by atoms with Gasteiger partial charge in [-0.1, -0.05) is 23.7 Å². The van der Waals surface area contributed by atoms with E-state index in [0.717, 1.165) is 12.8 Å². The van der Waals surface area contributed by atoms with Crippen LogP contribution in [0.2, 0.25) is 5.02 Å². The zero-order valence-corrected chi connectivity index (χ0v) is 19.3. The average Bonchev–Trinajstić information content (AvgIpc) is 3.30. The zero-order chi connectivity index (χ0) is 24.6. The van der Waals surface area contributed by atoms with Crippen molar-refractivity contribution in [3.05, 3.63) is 53.1 Å². The summed E-state index contributed by atoms with van der Waals surface area (Å²) in [6.45, 7) is -0.908. The van der Waals surface area contributed by atoms with Crippen LogP contribution >= 0.6 is 11.6 Å². The number of anilines is 1. The van der Waals surface area contributed by atoms with Gasteiger partial charge in [0.15, 0.2) is 13.2 Å². The van der Waals surface area contributed by atoms with Gasteiger partial charge in [0.25, 0.3) is 11.8 Å². The number of halogens is 1. The molecule has 0 spiro atoms. The molecule has 0 radical (unpaired) electrons. The Labute approximate surface area is 201 Å². The predicted molar refractivity (Wildman–Crippen MR) is 124 cm³/mol. The number of para-hydroxylation sites is 1. The minimum Gasteiger partial charge on any atom is -0.495 e. The molecule has 178 valence electrons. The Bertz CT molecular complexity index is 1110. The van der Waals surface area contributed by atoms with E-state index in [9.17, 15) is 19.6 Å². The van der Waals surface area contributed by atoms with Gasteiger partial charge in [0.05, 0.1) is 18.2 Å². The van der Waals surface area contributed by atoms with Crippen LogP contribution in [0.5, 0.6) is 11.5 Å². The van der Waals surface area contributed by atoms with E-state index in [1.54, 1.807) is 24.3 Å². The lowest BCUT2D eigenvalue weighted by molar-refractivity contribution is -0.125. The Morgan fingerprint density at radius 3 is 2.47 bits per heavy atom. The maximum Gasteiger partial charge on any atom is 0.342 e. The Morgan fingerprint density at radius 1 is 1.06 bits per heavy atom. The Kier molecular flexibility index (Phi) is 8.33. The summed E-state index contributed by atoms with van der Waals surface area (Å²) >= 11 is 6.05. The van der Waals surface area contributed by atoms with Crippen LogP contribution in [0.1, 0.15) is 36.0 Å². The van der Waals surface area contributed by atoms with Crippen molar-refractivity contribution in [3.8, 4) is 17.6 Å². The number of nitriles is 1. The summed E-state index contributed by atoms with van der Waals surface area (Å²) in [6.07, 6.45) is 2.87. The van der Waals surface area contributed by atoms with Gasteiger partial charge in [0.2, 0.25) is 0 Å². The van der Waals surface area contributed by atoms with Crippen molar-refractivity contribution in [3.63, 3.8) is 0 Å². The third kappa shape index (κ3) is 6.39. The number of rotatable bonds is 9. The standard InChI is InChI=1S/C24H24ClN3O6/c1-32-20-9-8-16(12-18(20)25)27-21(29)13-33-19-7-3-2-6-17(19)23(31)34-14-22(30)28-24(15-26)10-4-5-11-24/h2-3,6-9,12H,4-5,10-11,13-14H2,1H3,(H,27,29)(H,28,30). The van der Waals surface area contributed by atoms with Crippen molar-refractivity contribution in [1.82, 2.24) is 5.32 Å².